The molecule has 2 amide bonds. The molecule has 1 aromatic heterocycles. The lowest BCUT2D eigenvalue weighted by atomic mass is 10.0. The van der Waals surface area contributed by atoms with Crippen LogP contribution in [0.2, 0.25) is 10.0 Å². The predicted molar refractivity (Wildman–Crippen MR) is 155 cm³/mol. The Hall–Kier alpha value is -4.03. The van der Waals surface area contributed by atoms with E-state index >= 15 is 0 Å². The molecule has 0 unspecified atom stereocenters. The lowest BCUT2D eigenvalue weighted by molar-refractivity contribution is -0.148. The molecule has 1 fully saturated rings. The monoisotopic (exact) mass is 639 g/mol. The summed E-state index contributed by atoms with van der Waals surface area (Å²) >= 11 is 12.7. The minimum Gasteiger partial charge on any atom is -0.493 e. The minimum atomic E-state index is -3.06. The number of esters is 1. The summed E-state index contributed by atoms with van der Waals surface area (Å²) in [5.41, 5.74) is 1.25. The normalized spacial score (nSPS) is 13.2. The van der Waals surface area contributed by atoms with E-state index in [4.69, 9.17) is 42.1 Å². The van der Waals surface area contributed by atoms with E-state index in [0.29, 0.717) is 40.8 Å². The number of ether oxygens (including phenoxy) is 5. The van der Waals surface area contributed by atoms with Crippen molar-refractivity contribution in [2.75, 3.05) is 32.7 Å². The highest BCUT2D eigenvalue weighted by molar-refractivity contribution is 6.35. The second kappa shape index (κ2) is 14.9. The van der Waals surface area contributed by atoms with Crippen molar-refractivity contribution in [1.82, 2.24) is 10.3 Å². The molecule has 0 bridgehead atoms. The number of carbonyl (C=O) groups excluding carboxylic acids is 2. The Labute approximate surface area is 256 Å². The van der Waals surface area contributed by atoms with Gasteiger partial charge < -0.3 is 34.3 Å². The molecule has 43 heavy (non-hydrogen) atoms. The van der Waals surface area contributed by atoms with Crippen LogP contribution in [0.1, 0.15) is 30.1 Å². The number of urea groups is 1. The maximum atomic E-state index is 13.0. The molecule has 0 saturated heterocycles. The number of pyridine rings is 1. The molecule has 1 atom stereocenters. The topological polar surface area (TPSA) is 117 Å². The number of methoxy groups -OCH3 is 2. The van der Waals surface area contributed by atoms with Gasteiger partial charge in [-0.05, 0) is 54.2 Å². The van der Waals surface area contributed by atoms with Crippen LogP contribution < -0.4 is 29.6 Å². The number of benzene rings is 2. The number of carbonyl (C=O) groups is 2. The van der Waals surface area contributed by atoms with Crippen LogP contribution in [-0.4, -0.2) is 51.0 Å². The third-order valence-electron chi connectivity index (χ3n) is 6.38. The SMILES string of the molecule is COc1ccc(NC(=O)NCC(=O)O[C@@H](Cc2c(Cl)cncc2Cl)c2ccc(OC(F)F)c(OCC3CC3)c2)cc1OC. The summed E-state index contributed by atoms with van der Waals surface area (Å²) < 4.78 is 52.6. The van der Waals surface area contributed by atoms with E-state index in [-0.39, 0.29) is 28.0 Å². The van der Waals surface area contributed by atoms with Crippen molar-refractivity contribution in [2.45, 2.75) is 32.0 Å². The first-order chi connectivity index (χ1) is 20.7. The third kappa shape index (κ3) is 9.23. The van der Waals surface area contributed by atoms with Crippen LogP contribution in [0, 0.1) is 5.92 Å². The Balaban J connectivity index is 1.49. The molecule has 0 spiro atoms. The summed E-state index contributed by atoms with van der Waals surface area (Å²) in [5, 5.41) is 5.51. The summed E-state index contributed by atoms with van der Waals surface area (Å²) in [5.74, 6) is 0.348. The lowest BCUT2D eigenvalue weighted by Crippen LogP contribution is -2.34. The van der Waals surface area contributed by atoms with Crippen molar-refractivity contribution >= 4 is 40.9 Å². The molecule has 14 heteroatoms. The molecule has 1 heterocycles. The molecule has 1 aliphatic rings. The quantitative estimate of drug-likeness (QED) is 0.193. The van der Waals surface area contributed by atoms with Gasteiger partial charge in [0, 0.05) is 30.6 Å². The van der Waals surface area contributed by atoms with Gasteiger partial charge in [0.05, 0.1) is 30.9 Å². The molecule has 1 saturated carbocycles. The van der Waals surface area contributed by atoms with Gasteiger partial charge in [-0.3, -0.25) is 9.78 Å². The Morgan fingerprint density at radius 2 is 1.67 bits per heavy atom. The van der Waals surface area contributed by atoms with Crippen LogP contribution in [0.5, 0.6) is 23.0 Å². The maximum Gasteiger partial charge on any atom is 0.387 e. The fourth-order valence-electron chi connectivity index (χ4n) is 4.01. The van der Waals surface area contributed by atoms with Gasteiger partial charge in [-0.1, -0.05) is 29.3 Å². The Kier molecular flexibility index (Phi) is 11.1. The van der Waals surface area contributed by atoms with Crippen molar-refractivity contribution in [2.24, 2.45) is 5.92 Å². The maximum absolute atomic E-state index is 13.0. The van der Waals surface area contributed by atoms with Crippen molar-refractivity contribution < 1.29 is 42.1 Å². The van der Waals surface area contributed by atoms with Gasteiger partial charge >= 0.3 is 18.6 Å². The summed E-state index contributed by atoms with van der Waals surface area (Å²) in [6, 6.07) is 8.35. The van der Waals surface area contributed by atoms with Crippen molar-refractivity contribution in [3.8, 4) is 23.0 Å². The average molecular weight is 640 g/mol. The summed E-state index contributed by atoms with van der Waals surface area (Å²) in [6.07, 6.45) is 3.77. The van der Waals surface area contributed by atoms with E-state index in [1.54, 1.807) is 18.2 Å². The van der Waals surface area contributed by atoms with Gasteiger partial charge in [0.2, 0.25) is 0 Å². The second-order valence-corrected chi connectivity index (χ2v) is 10.3. The van der Waals surface area contributed by atoms with Crippen LogP contribution in [0.4, 0.5) is 19.3 Å². The summed E-state index contributed by atoms with van der Waals surface area (Å²) in [4.78, 5) is 29.3. The van der Waals surface area contributed by atoms with E-state index in [9.17, 15) is 18.4 Å². The van der Waals surface area contributed by atoms with Crippen molar-refractivity contribution in [3.63, 3.8) is 0 Å². The highest BCUT2D eigenvalue weighted by Crippen LogP contribution is 2.38. The molecule has 1 aliphatic carbocycles. The van der Waals surface area contributed by atoms with Gasteiger partial charge in [-0.25, -0.2) is 4.79 Å². The first-order valence-electron chi connectivity index (χ1n) is 13.1. The number of hydrogen-bond acceptors (Lipinski definition) is 8. The zero-order valence-electron chi connectivity index (χ0n) is 23.2. The molecule has 2 N–H and O–H groups in total. The van der Waals surface area contributed by atoms with Gasteiger partial charge in [0.25, 0.3) is 0 Å². The third-order valence-corrected chi connectivity index (χ3v) is 7.03. The number of nitrogens with one attached hydrogen (secondary N) is 2. The van der Waals surface area contributed by atoms with Crippen LogP contribution >= 0.6 is 23.2 Å². The first-order valence-corrected chi connectivity index (χ1v) is 13.9. The molecular formula is C29H29Cl2F2N3O7. The molecule has 230 valence electrons. The molecule has 4 rings (SSSR count). The minimum absolute atomic E-state index is 0.0148. The summed E-state index contributed by atoms with van der Waals surface area (Å²) in [6.45, 7) is -3.23. The number of alkyl halides is 2. The second-order valence-electron chi connectivity index (χ2n) is 9.48. The zero-order chi connectivity index (χ0) is 30.9. The number of amides is 2. The molecule has 0 radical (unpaired) electrons. The fraction of sp³-hybridized carbons (Fsp3) is 0.345. The number of nitrogens with zero attached hydrogens (tertiary/aromatic N) is 1. The zero-order valence-corrected chi connectivity index (χ0v) is 24.7. The van der Waals surface area contributed by atoms with Crippen molar-refractivity contribution in [1.29, 1.82) is 0 Å². The molecule has 0 aliphatic heterocycles. The summed E-state index contributed by atoms with van der Waals surface area (Å²) in [7, 11) is 2.95. The molecular weight excluding hydrogens is 611 g/mol. The van der Waals surface area contributed by atoms with Crippen LogP contribution in [0.15, 0.2) is 48.8 Å². The highest BCUT2D eigenvalue weighted by Gasteiger charge is 2.26. The van der Waals surface area contributed by atoms with Gasteiger partial charge in [-0.15, -0.1) is 0 Å². The van der Waals surface area contributed by atoms with Crippen LogP contribution in [-0.2, 0) is 16.0 Å². The number of aromatic nitrogens is 1. The number of anilines is 1. The van der Waals surface area contributed by atoms with Gasteiger partial charge in [0.15, 0.2) is 23.0 Å². The number of rotatable bonds is 14. The molecule has 2 aromatic carbocycles. The van der Waals surface area contributed by atoms with Crippen molar-refractivity contribution in [3.05, 3.63) is 70.0 Å². The Morgan fingerprint density at radius 1 is 0.977 bits per heavy atom. The largest absolute Gasteiger partial charge is 0.493 e. The van der Waals surface area contributed by atoms with E-state index < -0.39 is 31.3 Å². The van der Waals surface area contributed by atoms with E-state index in [2.05, 4.69) is 20.4 Å². The standard InChI is InChI=1S/C29H29Cl2F2N3O7/c1-39-22-8-6-18(10-25(22)40-2)36-29(38)35-14-27(37)42-24(11-19-20(30)12-34-13-21(19)31)17-5-7-23(43-28(32)33)26(9-17)41-15-16-3-4-16/h5-10,12-13,16,24,28H,3-4,11,14-15H2,1-2H3,(H2,35,36,38)/t24-/m0/s1. The van der Waals surface area contributed by atoms with Crippen LogP contribution in [0.3, 0.4) is 0 Å². The lowest BCUT2D eigenvalue weighted by Gasteiger charge is -2.21. The van der Waals surface area contributed by atoms with Gasteiger partial charge in [0.1, 0.15) is 12.6 Å². The molecule has 3 aromatic rings. The smallest absolute Gasteiger partial charge is 0.387 e. The van der Waals surface area contributed by atoms with E-state index in [0.717, 1.165) is 12.8 Å². The van der Waals surface area contributed by atoms with E-state index in [1.807, 2.05) is 0 Å². The number of halogens is 4. The molecule has 10 nitrogen and oxygen atoms in total. The van der Waals surface area contributed by atoms with Gasteiger partial charge in [-0.2, -0.15) is 8.78 Å². The predicted octanol–water partition coefficient (Wildman–Crippen LogP) is 6.44. The average Bonchev–Trinajstić information content (AvgIpc) is 3.81. The first kappa shape index (κ1) is 31.9. The van der Waals surface area contributed by atoms with E-state index in [1.165, 1.54) is 44.8 Å². The Bertz CT molecular complexity index is 1420. The highest BCUT2D eigenvalue weighted by atomic mass is 35.5. The Morgan fingerprint density at radius 3 is 2.33 bits per heavy atom. The van der Waals surface area contributed by atoms with Crippen LogP contribution in [0.25, 0.3) is 0 Å². The number of hydrogen-bond donors (Lipinski definition) is 2. The fourth-order valence-corrected chi connectivity index (χ4v) is 4.53.